The maximum absolute atomic E-state index is 12.5. The van der Waals surface area contributed by atoms with Crippen LogP contribution in [0.3, 0.4) is 0 Å². The Morgan fingerprint density at radius 2 is 1.85 bits per heavy atom. The fourth-order valence-electron chi connectivity index (χ4n) is 4.66. The molecule has 0 spiro atoms. The molecule has 2 aromatic rings. The molecule has 5 nitrogen and oxygen atoms in total. The van der Waals surface area contributed by atoms with E-state index in [4.69, 9.17) is 4.52 Å². The molecule has 136 valence electrons. The number of aromatic nitrogens is 1. The largest absolute Gasteiger partial charge is 0.360 e. The van der Waals surface area contributed by atoms with Gasteiger partial charge >= 0.3 is 0 Å². The summed E-state index contributed by atoms with van der Waals surface area (Å²) in [7, 11) is 0. The zero-order valence-corrected chi connectivity index (χ0v) is 14.9. The van der Waals surface area contributed by atoms with Crippen LogP contribution in [-0.2, 0) is 6.54 Å². The molecule has 1 amide bonds. The van der Waals surface area contributed by atoms with E-state index in [0.717, 1.165) is 38.0 Å². The Bertz CT molecular complexity index is 770. The minimum atomic E-state index is -0.0819. The molecule has 2 unspecified atom stereocenters. The number of nitrogens with one attached hydrogen (secondary N) is 1. The van der Waals surface area contributed by atoms with Crippen molar-refractivity contribution in [3.8, 4) is 0 Å². The van der Waals surface area contributed by atoms with Crippen LogP contribution in [0.15, 0.2) is 40.9 Å². The molecule has 1 saturated carbocycles. The molecular weight excluding hydrogens is 326 g/mol. The van der Waals surface area contributed by atoms with Gasteiger partial charge in [-0.2, -0.15) is 0 Å². The van der Waals surface area contributed by atoms with Crippen molar-refractivity contribution in [2.75, 3.05) is 0 Å². The molecule has 1 aromatic heterocycles. The van der Waals surface area contributed by atoms with Crippen LogP contribution in [0.25, 0.3) is 0 Å². The summed E-state index contributed by atoms with van der Waals surface area (Å²) in [6, 6.07) is 13.9. The molecule has 1 aliphatic carbocycles. The quantitative estimate of drug-likeness (QED) is 0.896. The summed E-state index contributed by atoms with van der Waals surface area (Å²) in [5.41, 5.74) is 1.81. The fraction of sp³-hybridized carbons (Fsp3) is 0.524. The van der Waals surface area contributed by atoms with Gasteiger partial charge in [-0.25, -0.2) is 0 Å². The van der Waals surface area contributed by atoms with Gasteiger partial charge in [-0.1, -0.05) is 35.5 Å². The third-order valence-electron chi connectivity index (χ3n) is 6.17. The summed E-state index contributed by atoms with van der Waals surface area (Å²) in [5.74, 6) is 1.27. The second-order valence-corrected chi connectivity index (χ2v) is 8.07. The van der Waals surface area contributed by atoms with Gasteiger partial charge in [-0.15, -0.1) is 0 Å². The summed E-state index contributed by atoms with van der Waals surface area (Å²) >= 11 is 0. The molecule has 5 heteroatoms. The van der Waals surface area contributed by atoms with Gasteiger partial charge in [0.05, 0.1) is 0 Å². The monoisotopic (exact) mass is 351 g/mol. The lowest BCUT2D eigenvalue weighted by Crippen LogP contribution is -2.50. The van der Waals surface area contributed by atoms with E-state index in [9.17, 15) is 4.79 Å². The molecule has 5 rings (SSSR count). The van der Waals surface area contributed by atoms with Gasteiger partial charge < -0.3 is 9.84 Å². The van der Waals surface area contributed by atoms with Crippen molar-refractivity contribution in [2.45, 2.75) is 69.1 Å². The number of hydrogen-bond donors (Lipinski definition) is 1. The predicted molar refractivity (Wildman–Crippen MR) is 97.8 cm³/mol. The highest BCUT2D eigenvalue weighted by Gasteiger charge is 2.41. The van der Waals surface area contributed by atoms with E-state index < -0.39 is 0 Å². The maximum atomic E-state index is 12.5. The van der Waals surface area contributed by atoms with E-state index in [2.05, 4.69) is 45.7 Å². The second-order valence-electron chi connectivity index (χ2n) is 8.07. The lowest BCUT2D eigenvalue weighted by molar-refractivity contribution is 0.0820. The van der Waals surface area contributed by atoms with Crippen LogP contribution in [0.5, 0.6) is 0 Å². The van der Waals surface area contributed by atoms with E-state index >= 15 is 0 Å². The number of fused-ring (bicyclic) bond motifs is 2. The van der Waals surface area contributed by atoms with Crippen molar-refractivity contribution >= 4 is 5.91 Å². The second kappa shape index (κ2) is 6.54. The molecule has 1 aromatic carbocycles. The highest BCUT2D eigenvalue weighted by molar-refractivity contribution is 5.92. The van der Waals surface area contributed by atoms with E-state index in [1.807, 2.05) is 6.07 Å². The van der Waals surface area contributed by atoms with Gasteiger partial charge in [0, 0.05) is 36.7 Å². The lowest BCUT2D eigenvalue weighted by atomic mass is 9.96. The third kappa shape index (κ3) is 3.16. The summed E-state index contributed by atoms with van der Waals surface area (Å²) < 4.78 is 5.32. The molecule has 1 N–H and O–H groups in total. The zero-order valence-electron chi connectivity index (χ0n) is 14.9. The molecule has 2 aliphatic heterocycles. The number of carbonyl (C=O) groups excluding carboxylic acids is 1. The predicted octanol–water partition coefficient (Wildman–Crippen LogP) is 3.48. The number of piperidine rings is 1. The zero-order chi connectivity index (χ0) is 17.5. The van der Waals surface area contributed by atoms with Crippen LogP contribution in [0.1, 0.15) is 66.3 Å². The van der Waals surface area contributed by atoms with Crippen LogP contribution < -0.4 is 5.32 Å². The first-order chi connectivity index (χ1) is 12.8. The van der Waals surface area contributed by atoms with E-state index in [1.54, 1.807) is 0 Å². The van der Waals surface area contributed by atoms with Crippen LogP contribution in [0.4, 0.5) is 0 Å². The Hall–Kier alpha value is -2.14. The topological polar surface area (TPSA) is 58.4 Å². The molecule has 2 atom stereocenters. The van der Waals surface area contributed by atoms with Crippen LogP contribution >= 0.6 is 0 Å². The third-order valence-corrected chi connectivity index (χ3v) is 6.17. The first-order valence-corrected chi connectivity index (χ1v) is 9.83. The van der Waals surface area contributed by atoms with Crippen molar-refractivity contribution in [1.29, 1.82) is 0 Å². The SMILES string of the molecule is O=C(NC1CC2CCC(C1)N2Cc1ccccc1)c1cc(C2CC2)on1. The van der Waals surface area contributed by atoms with Crippen molar-refractivity contribution in [3.63, 3.8) is 0 Å². The van der Waals surface area contributed by atoms with Gasteiger partial charge in [-0.05, 0) is 44.1 Å². The minimum absolute atomic E-state index is 0.0819. The first-order valence-electron chi connectivity index (χ1n) is 9.83. The standard InChI is InChI=1S/C21H25N3O2/c25-21(19-12-20(26-23-19)15-6-7-15)22-16-10-17-8-9-18(11-16)24(17)13-14-4-2-1-3-5-14/h1-5,12,15-18H,6-11,13H2,(H,22,25). The van der Waals surface area contributed by atoms with Crippen LogP contribution in [0.2, 0.25) is 0 Å². The average Bonchev–Trinajstić information content (AvgIpc) is 3.34. The minimum Gasteiger partial charge on any atom is -0.360 e. The van der Waals surface area contributed by atoms with Crippen molar-refractivity contribution in [2.24, 2.45) is 0 Å². The Morgan fingerprint density at radius 1 is 1.12 bits per heavy atom. The number of amides is 1. The van der Waals surface area contributed by atoms with Crippen LogP contribution in [0, 0.1) is 0 Å². The summed E-state index contributed by atoms with van der Waals surface area (Å²) in [6.45, 7) is 1.02. The van der Waals surface area contributed by atoms with Crippen molar-refractivity contribution < 1.29 is 9.32 Å². The summed E-state index contributed by atoms with van der Waals surface area (Å²) in [6.07, 6.45) is 6.84. The summed E-state index contributed by atoms with van der Waals surface area (Å²) in [4.78, 5) is 15.2. The average molecular weight is 351 g/mol. The Labute approximate surface area is 153 Å². The molecule has 3 fully saturated rings. The van der Waals surface area contributed by atoms with Crippen LogP contribution in [-0.4, -0.2) is 34.1 Å². The maximum Gasteiger partial charge on any atom is 0.273 e. The van der Waals surface area contributed by atoms with Gasteiger partial charge in [0.25, 0.3) is 5.91 Å². The van der Waals surface area contributed by atoms with E-state index in [0.29, 0.717) is 23.7 Å². The fourth-order valence-corrected chi connectivity index (χ4v) is 4.66. The number of rotatable bonds is 5. The Morgan fingerprint density at radius 3 is 2.54 bits per heavy atom. The molecule has 0 radical (unpaired) electrons. The summed E-state index contributed by atoms with van der Waals surface area (Å²) in [5, 5.41) is 7.17. The molecule has 26 heavy (non-hydrogen) atoms. The Balaban J connectivity index is 1.21. The number of hydrogen-bond acceptors (Lipinski definition) is 4. The van der Waals surface area contributed by atoms with Gasteiger partial charge in [0.2, 0.25) is 0 Å². The molecule has 3 heterocycles. The number of nitrogens with zero attached hydrogens (tertiary/aromatic N) is 2. The number of benzene rings is 1. The van der Waals surface area contributed by atoms with Gasteiger partial charge in [0.15, 0.2) is 5.69 Å². The molecule has 2 saturated heterocycles. The molecule has 2 bridgehead atoms. The highest BCUT2D eigenvalue weighted by Crippen LogP contribution is 2.40. The van der Waals surface area contributed by atoms with Crippen molar-refractivity contribution in [3.05, 3.63) is 53.4 Å². The van der Waals surface area contributed by atoms with Crippen molar-refractivity contribution in [1.82, 2.24) is 15.4 Å². The van der Waals surface area contributed by atoms with E-state index in [-0.39, 0.29) is 11.9 Å². The van der Waals surface area contributed by atoms with E-state index in [1.165, 1.54) is 18.4 Å². The highest BCUT2D eigenvalue weighted by atomic mass is 16.5. The normalized spacial score (nSPS) is 28.2. The smallest absolute Gasteiger partial charge is 0.273 e. The number of carbonyl (C=O) groups is 1. The molecule has 3 aliphatic rings. The lowest BCUT2D eigenvalue weighted by Gasteiger charge is -2.39. The molecular formula is C21H25N3O2. The van der Waals surface area contributed by atoms with Gasteiger partial charge in [-0.3, -0.25) is 9.69 Å². The van der Waals surface area contributed by atoms with Gasteiger partial charge in [0.1, 0.15) is 5.76 Å². The Kier molecular flexibility index (Phi) is 4.04. The first kappa shape index (κ1) is 16.1.